The normalized spacial score (nSPS) is 15.5. The third kappa shape index (κ3) is 4.62. The summed E-state index contributed by atoms with van der Waals surface area (Å²) in [5, 5.41) is 7.16. The molecule has 3 N–H and O–H groups in total. The molecule has 0 spiro atoms. The van der Waals surface area contributed by atoms with Crippen LogP contribution in [0, 0.1) is 0 Å². The lowest BCUT2D eigenvalue weighted by molar-refractivity contribution is 0.0946. The minimum Gasteiger partial charge on any atom is -0.496 e. The van der Waals surface area contributed by atoms with Crippen LogP contribution in [0.4, 0.5) is 8.78 Å². The maximum Gasteiger partial charge on any atom is 0.280 e. The van der Waals surface area contributed by atoms with Crippen molar-refractivity contribution in [2.24, 2.45) is 5.73 Å². The van der Waals surface area contributed by atoms with E-state index in [4.69, 9.17) is 15.2 Å². The van der Waals surface area contributed by atoms with E-state index in [-0.39, 0.29) is 36.4 Å². The largest absolute Gasteiger partial charge is 0.496 e. The molecule has 2 heterocycles. The van der Waals surface area contributed by atoms with E-state index in [2.05, 4.69) is 10.4 Å². The van der Waals surface area contributed by atoms with Crippen molar-refractivity contribution in [3.05, 3.63) is 70.9 Å². The van der Waals surface area contributed by atoms with E-state index in [0.717, 1.165) is 5.56 Å². The SMILES string of the molecule is COc1ccccc1C(=O)NCc1ccc(-c2nn([C@H]3CCOC3)c(C(F)F)c2C(N)=O)cc1. The van der Waals surface area contributed by atoms with Gasteiger partial charge in [-0.1, -0.05) is 36.4 Å². The molecule has 0 aliphatic carbocycles. The summed E-state index contributed by atoms with van der Waals surface area (Å²) in [7, 11) is 1.49. The van der Waals surface area contributed by atoms with Crippen LogP contribution in [-0.2, 0) is 11.3 Å². The Bertz CT molecular complexity index is 1190. The van der Waals surface area contributed by atoms with Gasteiger partial charge in [0, 0.05) is 18.7 Å². The molecule has 8 nitrogen and oxygen atoms in total. The summed E-state index contributed by atoms with van der Waals surface area (Å²) in [6.07, 6.45) is -2.40. The molecule has 0 saturated carbocycles. The molecule has 1 fully saturated rings. The molecule has 1 atom stereocenters. The van der Waals surface area contributed by atoms with Gasteiger partial charge in [-0.3, -0.25) is 14.3 Å². The summed E-state index contributed by atoms with van der Waals surface area (Å²) < 4.78 is 39.5. The number of nitrogens with zero attached hydrogens (tertiary/aromatic N) is 2. The van der Waals surface area contributed by atoms with E-state index < -0.39 is 18.0 Å². The lowest BCUT2D eigenvalue weighted by Crippen LogP contribution is -2.23. The molecule has 3 aromatic rings. The van der Waals surface area contributed by atoms with Crippen molar-refractivity contribution >= 4 is 11.8 Å². The van der Waals surface area contributed by atoms with Gasteiger partial charge in [0.05, 0.1) is 30.9 Å². The quantitative estimate of drug-likeness (QED) is 0.524. The summed E-state index contributed by atoms with van der Waals surface area (Å²) >= 11 is 0. The van der Waals surface area contributed by atoms with Crippen LogP contribution in [0.15, 0.2) is 48.5 Å². The zero-order chi connectivity index (χ0) is 24.2. The molecule has 1 aliphatic rings. The predicted molar refractivity (Wildman–Crippen MR) is 120 cm³/mol. The average molecular weight is 470 g/mol. The number of carbonyl (C=O) groups excluding carboxylic acids is 2. The fourth-order valence-corrected chi connectivity index (χ4v) is 3.99. The van der Waals surface area contributed by atoms with Gasteiger partial charge in [-0.25, -0.2) is 8.78 Å². The molecule has 0 radical (unpaired) electrons. The number of benzene rings is 2. The van der Waals surface area contributed by atoms with Gasteiger partial charge in [0.1, 0.15) is 17.1 Å². The fraction of sp³-hybridized carbons (Fsp3) is 0.292. The lowest BCUT2D eigenvalue weighted by Gasteiger charge is -2.12. The number of para-hydroxylation sites is 1. The summed E-state index contributed by atoms with van der Waals surface area (Å²) in [5.41, 5.74) is 6.43. The predicted octanol–water partition coefficient (Wildman–Crippen LogP) is 3.49. The number of alkyl halides is 2. The van der Waals surface area contributed by atoms with Crippen LogP contribution < -0.4 is 15.8 Å². The smallest absolute Gasteiger partial charge is 0.280 e. The number of aromatic nitrogens is 2. The molecule has 1 aromatic heterocycles. The number of halogens is 2. The van der Waals surface area contributed by atoms with Crippen molar-refractivity contribution in [2.75, 3.05) is 20.3 Å². The van der Waals surface area contributed by atoms with Crippen LogP contribution in [0.5, 0.6) is 5.75 Å². The summed E-state index contributed by atoms with van der Waals surface area (Å²) in [6.45, 7) is 0.906. The highest BCUT2D eigenvalue weighted by atomic mass is 19.3. The molecule has 2 amide bonds. The van der Waals surface area contributed by atoms with E-state index in [0.29, 0.717) is 29.9 Å². The van der Waals surface area contributed by atoms with Gasteiger partial charge in [0.2, 0.25) is 0 Å². The Hall–Kier alpha value is -3.79. The number of hydrogen-bond acceptors (Lipinski definition) is 5. The van der Waals surface area contributed by atoms with E-state index >= 15 is 0 Å². The highest BCUT2D eigenvalue weighted by molar-refractivity contribution is 6.00. The van der Waals surface area contributed by atoms with Gasteiger partial charge in [0.25, 0.3) is 18.2 Å². The fourth-order valence-electron chi connectivity index (χ4n) is 3.99. The molecule has 34 heavy (non-hydrogen) atoms. The van der Waals surface area contributed by atoms with Crippen LogP contribution >= 0.6 is 0 Å². The van der Waals surface area contributed by atoms with Crippen LogP contribution in [-0.4, -0.2) is 41.9 Å². The highest BCUT2D eigenvalue weighted by Gasteiger charge is 2.33. The highest BCUT2D eigenvalue weighted by Crippen LogP contribution is 2.35. The minimum absolute atomic E-state index is 0.0966. The number of primary amides is 1. The van der Waals surface area contributed by atoms with Crippen LogP contribution in [0.25, 0.3) is 11.3 Å². The number of methoxy groups -OCH3 is 1. The monoisotopic (exact) mass is 470 g/mol. The van der Waals surface area contributed by atoms with Crippen molar-refractivity contribution in [1.29, 1.82) is 0 Å². The van der Waals surface area contributed by atoms with Crippen molar-refractivity contribution in [3.8, 4) is 17.0 Å². The molecular formula is C24H24F2N4O4. The maximum absolute atomic E-state index is 13.9. The first-order chi connectivity index (χ1) is 16.4. The lowest BCUT2D eigenvalue weighted by atomic mass is 10.0. The second kappa shape index (κ2) is 10.0. The first-order valence-electron chi connectivity index (χ1n) is 10.7. The number of hydrogen-bond donors (Lipinski definition) is 2. The molecule has 4 rings (SSSR count). The number of rotatable bonds is 8. The standard InChI is InChI=1S/C24H24F2N4O4/c1-33-18-5-3-2-4-17(18)24(32)28-12-14-6-8-15(9-7-14)20-19(23(27)31)21(22(25)26)30(29-20)16-10-11-34-13-16/h2-9,16,22H,10-13H2,1H3,(H2,27,31)(H,28,32)/t16-/m0/s1. The van der Waals surface area contributed by atoms with Gasteiger partial charge in [0.15, 0.2) is 0 Å². The summed E-state index contributed by atoms with van der Waals surface area (Å²) in [6, 6.07) is 13.3. The van der Waals surface area contributed by atoms with Crippen LogP contribution in [0.1, 0.15) is 50.9 Å². The summed E-state index contributed by atoms with van der Waals surface area (Å²) in [4.78, 5) is 24.6. The zero-order valence-electron chi connectivity index (χ0n) is 18.5. The summed E-state index contributed by atoms with van der Waals surface area (Å²) in [5.74, 6) is -0.798. The van der Waals surface area contributed by atoms with Crippen molar-refractivity contribution < 1.29 is 27.8 Å². The van der Waals surface area contributed by atoms with E-state index in [1.54, 1.807) is 48.5 Å². The number of nitrogens with two attached hydrogens (primary N) is 1. The first-order valence-corrected chi connectivity index (χ1v) is 10.7. The molecular weight excluding hydrogens is 446 g/mol. The molecule has 0 unspecified atom stereocenters. The third-order valence-electron chi connectivity index (χ3n) is 5.68. The average Bonchev–Trinajstić information content (AvgIpc) is 3.51. The molecule has 178 valence electrons. The van der Waals surface area contributed by atoms with Crippen molar-refractivity contribution in [3.63, 3.8) is 0 Å². The van der Waals surface area contributed by atoms with Gasteiger partial charge in [-0.2, -0.15) is 5.10 Å². The van der Waals surface area contributed by atoms with Crippen molar-refractivity contribution in [1.82, 2.24) is 15.1 Å². The number of nitrogens with one attached hydrogen (secondary N) is 1. The Balaban J connectivity index is 1.57. The number of ether oxygens (including phenoxy) is 2. The maximum atomic E-state index is 13.9. The topological polar surface area (TPSA) is 108 Å². The zero-order valence-corrected chi connectivity index (χ0v) is 18.5. The Morgan fingerprint density at radius 2 is 1.97 bits per heavy atom. The van der Waals surface area contributed by atoms with E-state index in [1.165, 1.54) is 11.8 Å². The van der Waals surface area contributed by atoms with Crippen LogP contribution in [0.3, 0.4) is 0 Å². The van der Waals surface area contributed by atoms with Gasteiger partial charge in [-0.05, 0) is 24.1 Å². The van der Waals surface area contributed by atoms with Gasteiger partial charge >= 0.3 is 0 Å². The first kappa shape index (κ1) is 23.4. The Morgan fingerprint density at radius 3 is 2.59 bits per heavy atom. The molecule has 10 heteroatoms. The minimum atomic E-state index is -2.92. The number of carbonyl (C=O) groups is 2. The molecule has 1 aliphatic heterocycles. The van der Waals surface area contributed by atoms with Crippen molar-refractivity contribution in [2.45, 2.75) is 25.4 Å². The van der Waals surface area contributed by atoms with Gasteiger partial charge < -0.3 is 20.5 Å². The van der Waals surface area contributed by atoms with Gasteiger partial charge in [-0.15, -0.1) is 0 Å². The molecule has 2 aromatic carbocycles. The van der Waals surface area contributed by atoms with E-state index in [1.807, 2.05) is 0 Å². The molecule has 0 bridgehead atoms. The Kier molecular flexibility index (Phi) is 6.87. The number of amides is 2. The van der Waals surface area contributed by atoms with Crippen LogP contribution in [0.2, 0.25) is 0 Å². The Morgan fingerprint density at radius 1 is 1.24 bits per heavy atom. The van der Waals surface area contributed by atoms with E-state index in [9.17, 15) is 18.4 Å². The Labute approximate surface area is 194 Å². The third-order valence-corrected chi connectivity index (χ3v) is 5.68. The molecule has 1 saturated heterocycles. The second-order valence-corrected chi connectivity index (χ2v) is 7.82. The second-order valence-electron chi connectivity index (χ2n) is 7.82.